The van der Waals surface area contributed by atoms with Gasteiger partial charge in [0.25, 0.3) is 0 Å². The Morgan fingerprint density at radius 3 is 2.76 bits per heavy atom. The van der Waals surface area contributed by atoms with Crippen LogP contribution in [0.5, 0.6) is 5.75 Å². The number of hydrogen-bond donors (Lipinski definition) is 2. The lowest BCUT2D eigenvalue weighted by Gasteiger charge is -2.25. The van der Waals surface area contributed by atoms with Crippen molar-refractivity contribution < 1.29 is 9.47 Å². The molecular formula is C11H18N4O2. The summed E-state index contributed by atoms with van der Waals surface area (Å²) in [7, 11) is 3.41. The first-order valence-corrected chi connectivity index (χ1v) is 5.61. The van der Waals surface area contributed by atoms with E-state index in [4.69, 9.17) is 9.47 Å². The van der Waals surface area contributed by atoms with Crippen molar-refractivity contribution in [2.45, 2.75) is 18.9 Å². The van der Waals surface area contributed by atoms with Gasteiger partial charge in [-0.2, -0.15) is 0 Å². The molecule has 0 aliphatic carbocycles. The Morgan fingerprint density at radius 2 is 2.18 bits per heavy atom. The first kappa shape index (κ1) is 11.9. The third kappa shape index (κ3) is 2.41. The van der Waals surface area contributed by atoms with E-state index in [9.17, 15) is 0 Å². The van der Waals surface area contributed by atoms with E-state index in [0.29, 0.717) is 24.0 Å². The topological polar surface area (TPSA) is 68.3 Å². The number of aromatic nitrogens is 2. The van der Waals surface area contributed by atoms with Gasteiger partial charge in [-0.05, 0) is 13.3 Å². The molecule has 1 aromatic heterocycles. The van der Waals surface area contributed by atoms with Crippen LogP contribution in [0.1, 0.15) is 13.3 Å². The SMILES string of the molecule is CNc1ncnc(NC2(C)CCOC2)c1OC. The fraction of sp³-hybridized carbons (Fsp3) is 0.636. The molecule has 1 unspecified atom stereocenters. The lowest BCUT2D eigenvalue weighted by Crippen LogP contribution is -2.35. The fourth-order valence-corrected chi connectivity index (χ4v) is 1.89. The van der Waals surface area contributed by atoms with Crippen LogP contribution in [-0.2, 0) is 4.74 Å². The number of hydrogen-bond acceptors (Lipinski definition) is 6. The Balaban J connectivity index is 2.25. The number of nitrogens with one attached hydrogen (secondary N) is 2. The molecule has 1 atom stereocenters. The number of anilines is 2. The minimum atomic E-state index is -0.0906. The van der Waals surface area contributed by atoms with Crippen molar-refractivity contribution in [3.8, 4) is 5.75 Å². The van der Waals surface area contributed by atoms with Gasteiger partial charge < -0.3 is 20.1 Å². The van der Waals surface area contributed by atoms with E-state index in [-0.39, 0.29) is 5.54 Å². The van der Waals surface area contributed by atoms with Gasteiger partial charge in [0.2, 0.25) is 5.75 Å². The highest BCUT2D eigenvalue weighted by Gasteiger charge is 2.31. The highest BCUT2D eigenvalue weighted by molar-refractivity contribution is 5.64. The van der Waals surface area contributed by atoms with Crippen LogP contribution in [0.3, 0.4) is 0 Å². The van der Waals surface area contributed by atoms with Gasteiger partial charge in [0.05, 0.1) is 19.3 Å². The van der Waals surface area contributed by atoms with Crippen molar-refractivity contribution in [2.24, 2.45) is 0 Å². The van der Waals surface area contributed by atoms with Crippen molar-refractivity contribution in [3.63, 3.8) is 0 Å². The summed E-state index contributed by atoms with van der Waals surface area (Å²) in [6.45, 7) is 3.56. The summed E-state index contributed by atoms with van der Waals surface area (Å²) in [5.41, 5.74) is -0.0906. The second-order valence-corrected chi connectivity index (χ2v) is 4.34. The molecule has 0 radical (unpaired) electrons. The molecule has 1 aliphatic heterocycles. The molecule has 1 fully saturated rings. The predicted molar refractivity (Wildman–Crippen MR) is 65.6 cm³/mol. The summed E-state index contributed by atoms with van der Waals surface area (Å²) in [6, 6.07) is 0. The maximum Gasteiger partial charge on any atom is 0.204 e. The first-order valence-electron chi connectivity index (χ1n) is 5.61. The summed E-state index contributed by atoms with van der Waals surface area (Å²) < 4.78 is 10.7. The monoisotopic (exact) mass is 238 g/mol. The Labute approximate surface area is 101 Å². The van der Waals surface area contributed by atoms with Crippen LogP contribution >= 0.6 is 0 Å². The standard InChI is InChI=1S/C11H18N4O2/c1-11(4-5-17-6-11)15-10-8(16-3)9(12-2)13-7-14-10/h7H,4-6H2,1-3H3,(H2,12,13,14,15). The van der Waals surface area contributed by atoms with E-state index in [1.807, 2.05) is 0 Å². The third-order valence-corrected chi connectivity index (χ3v) is 2.88. The molecule has 6 heteroatoms. The Kier molecular flexibility index (Phi) is 3.33. The van der Waals surface area contributed by atoms with Gasteiger partial charge in [0.15, 0.2) is 11.6 Å². The van der Waals surface area contributed by atoms with Gasteiger partial charge in [-0.25, -0.2) is 9.97 Å². The molecule has 0 bridgehead atoms. The molecule has 0 aromatic carbocycles. The molecule has 2 N–H and O–H groups in total. The van der Waals surface area contributed by atoms with Crippen molar-refractivity contribution in [2.75, 3.05) is 38.0 Å². The minimum Gasteiger partial charge on any atom is -0.490 e. The largest absolute Gasteiger partial charge is 0.490 e. The molecule has 2 rings (SSSR count). The zero-order valence-electron chi connectivity index (χ0n) is 10.4. The molecule has 1 saturated heterocycles. The van der Waals surface area contributed by atoms with Gasteiger partial charge in [-0.3, -0.25) is 0 Å². The molecule has 1 aliphatic rings. The van der Waals surface area contributed by atoms with Crippen LogP contribution in [0.25, 0.3) is 0 Å². The maximum atomic E-state index is 5.40. The molecule has 94 valence electrons. The minimum absolute atomic E-state index is 0.0906. The van der Waals surface area contributed by atoms with Crippen LogP contribution in [0.15, 0.2) is 6.33 Å². The van der Waals surface area contributed by atoms with Crippen molar-refractivity contribution in [1.29, 1.82) is 0 Å². The molecule has 6 nitrogen and oxygen atoms in total. The van der Waals surface area contributed by atoms with Crippen molar-refractivity contribution >= 4 is 11.6 Å². The number of methoxy groups -OCH3 is 1. The molecule has 0 spiro atoms. The van der Waals surface area contributed by atoms with Gasteiger partial charge in [-0.15, -0.1) is 0 Å². The van der Waals surface area contributed by atoms with Crippen molar-refractivity contribution in [3.05, 3.63) is 6.33 Å². The molecular weight excluding hydrogens is 220 g/mol. The zero-order chi connectivity index (χ0) is 12.3. The van der Waals surface area contributed by atoms with E-state index < -0.39 is 0 Å². The first-order chi connectivity index (χ1) is 8.18. The molecule has 1 aromatic rings. The van der Waals surface area contributed by atoms with E-state index in [0.717, 1.165) is 13.0 Å². The average molecular weight is 238 g/mol. The Hall–Kier alpha value is -1.56. The summed E-state index contributed by atoms with van der Waals surface area (Å²) in [4.78, 5) is 8.33. The molecule has 0 saturated carbocycles. The van der Waals surface area contributed by atoms with E-state index in [1.165, 1.54) is 6.33 Å². The van der Waals surface area contributed by atoms with Gasteiger partial charge in [-0.1, -0.05) is 0 Å². The zero-order valence-corrected chi connectivity index (χ0v) is 10.4. The quantitative estimate of drug-likeness (QED) is 0.819. The molecule has 0 amide bonds. The van der Waals surface area contributed by atoms with E-state index in [2.05, 4.69) is 27.5 Å². The second kappa shape index (κ2) is 4.75. The summed E-state index contributed by atoms with van der Waals surface area (Å²) >= 11 is 0. The van der Waals surface area contributed by atoms with Crippen molar-refractivity contribution in [1.82, 2.24) is 9.97 Å². The van der Waals surface area contributed by atoms with Crippen LogP contribution in [-0.4, -0.2) is 42.9 Å². The summed E-state index contributed by atoms with van der Waals surface area (Å²) in [5.74, 6) is 2.00. The van der Waals surface area contributed by atoms with Crippen LogP contribution < -0.4 is 15.4 Å². The Morgan fingerprint density at radius 1 is 1.41 bits per heavy atom. The lowest BCUT2D eigenvalue weighted by atomic mass is 10.0. The Bertz CT molecular complexity index is 391. The third-order valence-electron chi connectivity index (χ3n) is 2.88. The smallest absolute Gasteiger partial charge is 0.204 e. The van der Waals surface area contributed by atoms with Gasteiger partial charge >= 0.3 is 0 Å². The predicted octanol–water partition coefficient (Wildman–Crippen LogP) is 1.12. The second-order valence-electron chi connectivity index (χ2n) is 4.34. The van der Waals surface area contributed by atoms with Crippen LogP contribution in [0, 0.1) is 0 Å². The highest BCUT2D eigenvalue weighted by Crippen LogP contribution is 2.32. The molecule has 17 heavy (non-hydrogen) atoms. The maximum absolute atomic E-state index is 5.40. The normalized spacial score (nSPS) is 23.5. The molecule has 2 heterocycles. The van der Waals surface area contributed by atoms with Gasteiger partial charge in [0.1, 0.15) is 6.33 Å². The van der Waals surface area contributed by atoms with Crippen LogP contribution in [0.4, 0.5) is 11.6 Å². The fourth-order valence-electron chi connectivity index (χ4n) is 1.89. The summed E-state index contributed by atoms with van der Waals surface area (Å²) in [5, 5.41) is 6.35. The average Bonchev–Trinajstić information content (AvgIpc) is 2.75. The van der Waals surface area contributed by atoms with Crippen LogP contribution in [0.2, 0.25) is 0 Å². The number of nitrogens with zero attached hydrogens (tertiary/aromatic N) is 2. The number of ether oxygens (including phenoxy) is 2. The lowest BCUT2D eigenvalue weighted by molar-refractivity contribution is 0.185. The van der Waals surface area contributed by atoms with E-state index in [1.54, 1.807) is 14.2 Å². The van der Waals surface area contributed by atoms with Gasteiger partial charge in [0, 0.05) is 13.7 Å². The van der Waals surface area contributed by atoms with E-state index >= 15 is 0 Å². The number of rotatable bonds is 4. The summed E-state index contributed by atoms with van der Waals surface area (Å²) in [6.07, 6.45) is 2.46. The highest BCUT2D eigenvalue weighted by atomic mass is 16.5.